The van der Waals surface area contributed by atoms with Gasteiger partial charge in [-0.1, -0.05) is 41.2 Å². The molecule has 3 N–H and O–H groups in total. The first-order valence-corrected chi connectivity index (χ1v) is 9.67. The summed E-state index contributed by atoms with van der Waals surface area (Å²) in [4.78, 5) is 25.7. The van der Waals surface area contributed by atoms with Gasteiger partial charge < -0.3 is 16.0 Å². The van der Waals surface area contributed by atoms with Gasteiger partial charge in [0.25, 0.3) is 0 Å². The number of rotatable bonds is 10. The molecule has 2 atom stereocenters. The van der Waals surface area contributed by atoms with Gasteiger partial charge in [-0.3, -0.25) is 9.59 Å². The summed E-state index contributed by atoms with van der Waals surface area (Å²) >= 11 is 0. The highest BCUT2D eigenvalue weighted by Gasteiger charge is 2.33. The van der Waals surface area contributed by atoms with Crippen molar-refractivity contribution in [1.82, 2.24) is 16.0 Å². The third-order valence-corrected chi connectivity index (χ3v) is 4.01. The fourth-order valence-electron chi connectivity index (χ4n) is 2.66. The largest absolute Gasteiger partial charge is 0.389 e. The second kappa shape index (κ2) is 10.1. The molecule has 0 saturated heterocycles. The minimum atomic E-state index is -0.496. The molecule has 0 heterocycles. The number of nitrogens with one attached hydrogen (secondary N) is 3. The third kappa shape index (κ3) is 9.95. The van der Waals surface area contributed by atoms with E-state index in [1.807, 2.05) is 62.3 Å². The van der Waals surface area contributed by atoms with Crippen molar-refractivity contribution >= 4 is 11.7 Å². The van der Waals surface area contributed by atoms with Gasteiger partial charge in [-0.15, -0.1) is 0 Å². The highest BCUT2D eigenvalue weighted by atomic mass is 16.2. The van der Waals surface area contributed by atoms with E-state index < -0.39 is 11.5 Å². The Labute approximate surface area is 160 Å². The quantitative estimate of drug-likeness (QED) is 0.518. The molecule has 0 radical (unpaired) electrons. The fraction of sp³-hybridized carbons (Fsp3) is 0.810. The van der Waals surface area contributed by atoms with Gasteiger partial charge in [0, 0.05) is 23.2 Å². The third-order valence-electron chi connectivity index (χ3n) is 4.01. The predicted octanol–water partition coefficient (Wildman–Crippen LogP) is 3.40. The van der Waals surface area contributed by atoms with Gasteiger partial charge in [-0.2, -0.15) is 0 Å². The summed E-state index contributed by atoms with van der Waals surface area (Å²) in [5, 5.41) is 9.56. The zero-order valence-electron chi connectivity index (χ0n) is 18.4. The summed E-state index contributed by atoms with van der Waals surface area (Å²) in [6.45, 7) is 22.3. The van der Waals surface area contributed by atoms with E-state index in [1.165, 1.54) is 0 Å². The van der Waals surface area contributed by atoms with Gasteiger partial charge in [0.2, 0.25) is 5.91 Å². The number of Topliss-reactive ketones (excluding diaryl/α,β-unsaturated/α-hetero) is 1. The lowest BCUT2D eigenvalue weighted by atomic mass is 9.84. The minimum absolute atomic E-state index is 0.0689. The van der Waals surface area contributed by atoms with Crippen molar-refractivity contribution in [2.75, 3.05) is 6.54 Å². The van der Waals surface area contributed by atoms with Crippen molar-refractivity contribution < 1.29 is 9.59 Å². The molecule has 0 aromatic rings. The van der Waals surface area contributed by atoms with E-state index >= 15 is 0 Å². The predicted molar refractivity (Wildman–Crippen MR) is 110 cm³/mol. The van der Waals surface area contributed by atoms with E-state index in [2.05, 4.69) is 22.5 Å². The highest BCUT2D eigenvalue weighted by Crippen LogP contribution is 2.19. The lowest BCUT2D eigenvalue weighted by molar-refractivity contribution is -0.134. The van der Waals surface area contributed by atoms with Gasteiger partial charge in [0.15, 0.2) is 5.78 Å². The maximum absolute atomic E-state index is 12.9. The molecule has 0 aromatic heterocycles. The molecule has 0 aliphatic heterocycles. The van der Waals surface area contributed by atoms with Crippen LogP contribution < -0.4 is 16.0 Å². The minimum Gasteiger partial charge on any atom is -0.389 e. The molecule has 152 valence electrons. The average molecular weight is 368 g/mol. The van der Waals surface area contributed by atoms with Crippen LogP contribution in [0, 0.1) is 11.3 Å². The maximum Gasteiger partial charge on any atom is 0.237 e. The van der Waals surface area contributed by atoms with Crippen LogP contribution in [0.4, 0.5) is 0 Å². The maximum atomic E-state index is 12.9. The first-order valence-electron chi connectivity index (χ1n) is 9.67. The van der Waals surface area contributed by atoms with Crippen LogP contribution >= 0.6 is 0 Å². The Morgan fingerprint density at radius 2 is 1.58 bits per heavy atom. The number of allylic oxidation sites excluding steroid dienone is 1. The fourth-order valence-corrected chi connectivity index (χ4v) is 2.66. The Bertz CT molecular complexity index is 484. The molecule has 26 heavy (non-hydrogen) atoms. The Morgan fingerprint density at radius 3 is 1.96 bits per heavy atom. The Kier molecular flexibility index (Phi) is 9.57. The lowest BCUT2D eigenvalue weighted by Crippen LogP contribution is -2.57. The topological polar surface area (TPSA) is 70.2 Å². The van der Waals surface area contributed by atoms with E-state index in [0.29, 0.717) is 6.42 Å². The number of carbonyl (C=O) groups excluding carboxylic acids is 2. The van der Waals surface area contributed by atoms with Crippen molar-refractivity contribution in [2.24, 2.45) is 11.3 Å². The molecule has 0 aliphatic rings. The Balaban J connectivity index is 5.14. The molecule has 1 amide bonds. The number of amides is 1. The Hall–Kier alpha value is -1.36. The van der Waals surface area contributed by atoms with Crippen LogP contribution in [-0.4, -0.2) is 35.9 Å². The molecule has 0 spiro atoms. The normalized spacial score (nSPS) is 14.7. The zero-order chi connectivity index (χ0) is 20.7. The van der Waals surface area contributed by atoms with Crippen LogP contribution in [0.3, 0.4) is 0 Å². The summed E-state index contributed by atoms with van der Waals surface area (Å²) in [5.74, 6) is 0.0921. The first kappa shape index (κ1) is 24.6. The molecule has 0 rings (SSSR count). The molecule has 0 saturated carbocycles. The SMILES string of the molecule is C=C(C)NCCCC(NC(=O)C(NC(C)(C)C)C(C)C)C(=O)C(C)(C)C. The molecule has 0 bridgehead atoms. The first-order chi connectivity index (χ1) is 11.6. The second-order valence-corrected chi connectivity index (χ2v) is 9.64. The molecule has 5 heteroatoms. The van der Waals surface area contributed by atoms with Crippen LogP contribution in [-0.2, 0) is 9.59 Å². The monoisotopic (exact) mass is 367 g/mol. The van der Waals surface area contributed by atoms with Gasteiger partial charge in [0.05, 0.1) is 12.1 Å². The molecule has 0 aromatic carbocycles. The van der Waals surface area contributed by atoms with E-state index in [9.17, 15) is 9.59 Å². The molecular formula is C21H41N3O2. The summed E-state index contributed by atoms with van der Waals surface area (Å²) in [6, 6.07) is -0.809. The summed E-state index contributed by atoms with van der Waals surface area (Å²) < 4.78 is 0. The smallest absolute Gasteiger partial charge is 0.237 e. The van der Waals surface area contributed by atoms with E-state index in [0.717, 1.165) is 18.7 Å². The summed E-state index contributed by atoms with van der Waals surface area (Å²) in [5.41, 5.74) is 0.230. The lowest BCUT2D eigenvalue weighted by Gasteiger charge is -2.32. The van der Waals surface area contributed by atoms with Crippen molar-refractivity contribution in [2.45, 2.75) is 92.8 Å². The zero-order valence-corrected chi connectivity index (χ0v) is 18.4. The molecule has 5 nitrogen and oxygen atoms in total. The van der Waals surface area contributed by atoms with Crippen molar-refractivity contribution in [3.63, 3.8) is 0 Å². The van der Waals surface area contributed by atoms with Crippen molar-refractivity contribution in [3.05, 3.63) is 12.3 Å². The number of hydrogen-bond donors (Lipinski definition) is 3. The van der Waals surface area contributed by atoms with Crippen LogP contribution in [0.5, 0.6) is 0 Å². The van der Waals surface area contributed by atoms with Crippen LogP contribution in [0.15, 0.2) is 12.3 Å². The molecule has 0 fully saturated rings. The van der Waals surface area contributed by atoms with Crippen LogP contribution in [0.25, 0.3) is 0 Å². The van der Waals surface area contributed by atoms with Gasteiger partial charge >= 0.3 is 0 Å². The Morgan fingerprint density at radius 1 is 1.04 bits per heavy atom. The average Bonchev–Trinajstić information content (AvgIpc) is 2.44. The standard InChI is InChI=1S/C21H41N3O2/c1-14(2)17(24-21(8,9)10)19(26)23-16(18(25)20(5,6)7)12-11-13-22-15(3)4/h14,16-17,22,24H,3,11-13H2,1-2,4-10H3,(H,23,26). The van der Waals surface area contributed by atoms with Crippen LogP contribution in [0.2, 0.25) is 0 Å². The molecule has 0 aliphatic carbocycles. The molecule has 2 unspecified atom stereocenters. The number of ketones is 1. The van der Waals surface area contributed by atoms with E-state index in [4.69, 9.17) is 0 Å². The van der Waals surface area contributed by atoms with Gasteiger partial charge in [-0.25, -0.2) is 0 Å². The van der Waals surface area contributed by atoms with Crippen molar-refractivity contribution in [3.8, 4) is 0 Å². The highest BCUT2D eigenvalue weighted by molar-refractivity contribution is 5.93. The van der Waals surface area contributed by atoms with Crippen LogP contribution in [0.1, 0.15) is 75.2 Å². The summed E-state index contributed by atoms with van der Waals surface area (Å²) in [7, 11) is 0. The van der Waals surface area contributed by atoms with Crippen molar-refractivity contribution in [1.29, 1.82) is 0 Å². The number of carbonyl (C=O) groups is 2. The van der Waals surface area contributed by atoms with Gasteiger partial charge in [-0.05, 0) is 46.5 Å². The van der Waals surface area contributed by atoms with Gasteiger partial charge in [0.1, 0.15) is 0 Å². The van der Waals surface area contributed by atoms with E-state index in [-0.39, 0.29) is 29.2 Å². The van der Waals surface area contributed by atoms with E-state index in [1.54, 1.807) is 0 Å². The second-order valence-electron chi connectivity index (χ2n) is 9.64. The summed E-state index contributed by atoms with van der Waals surface area (Å²) in [6.07, 6.45) is 1.40. The number of hydrogen-bond acceptors (Lipinski definition) is 4. The molecular weight excluding hydrogens is 326 g/mol.